The highest BCUT2D eigenvalue weighted by molar-refractivity contribution is 5.75. The first kappa shape index (κ1) is 26.1. The van der Waals surface area contributed by atoms with Crippen molar-refractivity contribution in [1.82, 2.24) is 19.4 Å². The predicted molar refractivity (Wildman–Crippen MR) is 154 cm³/mol. The Balaban J connectivity index is 1.41. The molecule has 2 heterocycles. The molecule has 1 N–H and O–H groups in total. The number of hydrogen-bond acceptors (Lipinski definition) is 4. The largest absolute Gasteiger partial charge is 0.353 e. The van der Waals surface area contributed by atoms with E-state index >= 15 is 0 Å². The Morgan fingerprint density at radius 1 is 0.795 bits per heavy atom. The Morgan fingerprint density at radius 2 is 1.38 bits per heavy atom. The number of amides is 1. The van der Waals surface area contributed by atoms with Gasteiger partial charge in [-0.3, -0.25) is 23.9 Å². The monoisotopic (exact) mass is 520 g/mol. The molecule has 7 nitrogen and oxygen atoms in total. The van der Waals surface area contributed by atoms with Crippen LogP contribution in [-0.2, 0) is 31.4 Å². The lowest BCUT2D eigenvalue weighted by Crippen LogP contribution is -2.58. The van der Waals surface area contributed by atoms with E-state index in [1.165, 1.54) is 20.3 Å². The third-order valence-corrected chi connectivity index (χ3v) is 7.11. The summed E-state index contributed by atoms with van der Waals surface area (Å²) in [4.78, 5) is 42.5. The van der Waals surface area contributed by atoms with Crippen LogP contribution in [0.5, 0.6) is 0 Å². The molecule has 4 aromatic rings. The molecule has 0 spiro atoms. The molecular weight excluding hydrogens is 488 g/mol. The SMILES string of the molecule is Cn1c(=O)/c(=C/c2ccccc2)n(CC(=O)NCCN2CCc3ccccc3C2)c(=O)/c1=C/c1ccccc1. The third kappa shape index (κ3) is 6.16. The van der Waals surface area contributed by atoms with Gasteiger partial charge >= 0.3 is 0 Å². The van der Waals surface area contributed by atoms with E-state index in [0.29, 0.717) is 13.1 Å². The van der Waals surface area contributed by atoms with Gasteiger partial charge in [-0.15, -0.1) is 0 Å². The van der Waals surface area contributed by atoms with Crippen molar-refractivity contribution in [3.8, 4) is 0 Å². The summed E-state index contributed by atoms with van der Waals surface area (Å²) in [6.07, 6.45) is 4.33. The number of fused-ring (bicyclic) bond motifs is 1. The van der Waals surface area contributed by atoms with Gasteiger partial charge in [0.05, 0.1) is 0 Å². The van der Waals surface area contributed by atoms with Crippen LogP contribution in [0.4, 0.5) is 0 Å². The van der Waals surface area contributed by atoms with Crippen molar-refractivity contribution in [2.24, 2.45) is 7.05 Å². The zero-order chi connectivity index (χ0) is 27.2. The molecule has 3 aromatic carbocycles. The highest BCUT2D eigenvalue weighted by Gasteiger charge is 2.16. The number of carbonyl (C=O) groups excluding carboxylic acids is 1. The van der Waals surface area contributed by atoms with Crippen molar-refractivity contribution in [1.29, 1.82) is 0 Å². The Kier molecular flexibility index (Phi) is 7.99. The number of carbonyl (C=O) groups is 1. The molecule has 198 valence electrons. The zero-order valence-electron chi connectivity index (χ0n) is 22.0. The lowest BCUT2D eigenvalue weighted by molar-refractivity contribution is -0.121. The lowest BCUT2D eigenvalue weighted by Gasteiger charge is -2.28. The number of benzene rings is 3. The quantitative estimate of drug-likeness (QED) is 0.400. The second-order valence-corrected chi connectivity index (χ2v) is 9.78. The fourth-order valence-electron chi connectivity index (χ4n) is 4.96. The lowest BCUT2D eigenvalue weighted by atomic mass is 10.00. The Bertz CT molecular complexity index is 1710. The molecule has 0 fully saturated rings. The molecule has 1 amide bonds. The van der Waals surface area contributed by atoms with Crippen molar-refractivity contribution in [2.75, 3.05) is 19.6 Å². The van der Waals surface area contributed by atoms with Crippen molar-refractivity contribution >= 4 is 18.1 Å². The summed E-state index contributed by atoms with van der Waals surface area (Å²) in [6, 6.07) is 27.1. The van der Waals surface area contributed by atoms with Gasteiger partial charge in [0.25, 0.3) is 11.1 Å². The van der Waals surface area contributed by atoms with E-state index in [4.69, 9.17) is 0 Å². The second kappa shape index (κ2) is 11.9. The van der Waals surface area contributed by atoms with Crippen molar-refractivity contribution < 1.29 is 4.79 Å². The number of nitrogens with zero attached hydrogens (tertiary/aromatic N) is 3. The van der Waals surface area contributed by atoms with Gasteiger partial charge in [0.15, 0.2) is 0 Å². The van der Waals surface area contributed by atoms with E-state index in [9.17, 15) is 14.4 Å². The maximum absolute atomic E-state index is 13.7. The van der Waals surface area contributed by atoms with Crippen molar-refractivity contribution in [2.45, 2.75) is 19.5 Å². The number of nitrogens with one attached hydrogen (secondary N) is 1. The zero-order valence-corrected chi connectivity index (χ0v) is 22.0. The first-order valence-electron chi connectivity index (χ1n) is 13.2. The Hall–Kier alpha value is -4.49. The minimum Gasteiger partial charge on any atom is -0.353 e. The Morgan fingerprint density at radius 3 is 2.05 bits per heavy atom. The molecule has 7 heteroatoms. The topological polar surface area (TPSA) is 76.3 Å². The van der Waals surface area contributed by atoms with E-state index in [-0.39, 0.29) is 28.7 Å². The first-order valence-corrected chi connectivity index (χ1v) is 13.2. The predicted octanol–water partition coefficient (Wildman–Crippen LogP) is 1.38. The van der Waals surface area contributed by atoms with Gasteiger partial charge in [-0.25, -0.2) is 0 Å². The van der Waals surface area contributed by atoms with E-state index in [0.717, 1.165) is 30.6 Å². The molecule has 0 saturated carbocycles. The maximum Gasteiger partial charge on any atom is 0.275 e. The molecule has 0 radical (unpaired) electrons. The summed E-state index contributed by atoms with van der Waals surface area (Å²) in [5, 5.41) is 3.34. The van der Waals surface area contributed by atoms with E-state index in [1.807, 2.05) is 60.7 Å². The molecular formula is C32H32N4O3. The van der Waals surface area contributed by atoms with Crippen molar-refractivity contribution in [3.63, 3.8) is 0 Å². The van der Waals surface area contributed by atoms with E-state index in [2.05, 4.69) is 34.5 Å². The summed E-state index contributed by atoms with van der Waals surface area (Å²) in [6.45, 7) is 2.72. The van der Waals surface area contributed by atoms with E-state index < -0.39 is 5.56 Å². The molecule has 0 unspecified atom stereocenters. The summed E-state index contributed by atoms with van der Waals surface area (Å²) >= 11 is 0. The number of aromatic nitrogens is 2. The van der Waals surface area contributed by atoms with Crippen LogP contribution in [-0.4, -0.2) is 39.6 Å². The van der Waals surface area contributed by atoms with Gasteiger partial charge in [0.1, 0.15) is 17.2 Å². The molecule has 1 aliphatic heterocycles. The Labute approximate surface area is 227 Å². The molecule has 0 bridgehead atoms. The van der Waals surface area contributed by atoms with Crippen LogP contribution in [0.15, 0.2) is 94.5 Å². The standard InChI is InChI=1S/C32H32N4O3/c1-34-28(20-24-10-4-2-5-11-24)32(39)36(29(31(34)38)21-25-12-6-3-7-13-25)23-30(37)33-17-19-35-18-16-26-14-8-9-15-27(26)22-35/h2-15,20-21H,16-19,22-23H2,1H3,(H,33,37)/b28-20-,29-21-. The maximum atomic E-state index is 13.7. The van der Waals surface area contributed by atoms with E-state index in [1.54, 1.807) is 19.2 Å². The highest BCUT2D eigenvalue weighted by Crippen LogP contribution is 2.17. The normalized spacial score (nSPS) is 14.3. The summed E-state index contributed by atoms with van der Waals surface area (Å²) in [5.74, 6) is -0.309. The smallest absolute Gasteiger partial charge is 0.275 e. The second-order valence-electron chi connectivity index (χ2n) is 9.78. The molecule has 0 atom stereocenters. The fraction of sp³-hybridized carbons (Fsp3) is 0.219. The van der Waals surface area contributed by atoms with Crippen LogP contribution in [0.1, 0.15) is 22.3 Å². The van der Waals surface area contributed by atoms with Gasteiger partial charge in [-0.1, -0.05) is 84.9 Å². The van der Waals surface area contributed by atoms with Crippen LogP contribution in [0.2, 0.25) is 0 Å². The average molecular weight is 521 g/mol. The third-order valence-electron chi connectivity index (χ3n) is 7.11. The molecule has 0 saturated heterocycles. The summed E-state index contributed by atoms with van der Waals surface area (Å²) < 4.78 is 2.64. The fourth-order valence-corrected chi connectivity index (χ4v) is 4.96. The number of rotatable bonds is 7. The summed E-state index contributed by atoms with van der Waals surface area (Å²) in [7, 11) is 1.59. The molecule has 1 aromatic heterocycles. The highest BCUT2D eigenvalue weighted by atomic mass is 16.2. The van der Waals surface area contributed by atoms with Gasteiger partial charge in [0, 0.05) is 33.2 Å². The van der Waals surface area contributed by atoms with Crippen molar-refractivity contribution in [3.05, 3.63) is 139 Å². The minimum atomic E-state index is -0.397. The van der Waals surface area contributed by atoms with Crippen LogP contribution < -0.4 is 27.1 Å². The van der Waals surface area contributed by atoms with Gasteiger partial charge in [-0.05, 0) is 40.8 Å². The van der Waals surface area contributed by atoms with Crippen LogP contribution >= 0.6 is 0 Å². The number of hydrogen-bond donors (Lipinski definition) is 1. The minimum absolute atomic E-state index is 0.168. The summed E-state index contributed by atoms with van der Waals surface area (Å²) in [5.41, 5.74) is 3.53. The van der Waals surface area contributed by atoms with Gasteiger partial charge < -0.3 is 9.88 Å². The van der Waals surface area contributed by atoms with Crippen LogP contribution in [0.3, 0.4) is 0 Å². The molecule has 5 rings (SSSR count). The molecule has 1 aliphatic rings. The van der Waals surface area contributed by atoms with Crippen LogP contribution in [0.25, 0.3) is 12.2 Å². The first-order chi connectivity index (χ1) is 19.0. The van der Waals surface area contributed by atoms with Gasteiger partial charge in [-0.2, -0.15) is 0 Å². The molecule has 39 heavy (non-hydrogen) atoms. The average Bonchev–Trinajstić information content (AvgIpc) is 2.97. The molecule has 0 aliphatic carbocycles. The van der Waals surface area contributed by atoms with Crippen LogP contribution in [0, 0.1) is 0 Å². The van der Waals surface area contributed by atoms with Gasteiger partial charge in [0.2, 0.25) is 5.91 Å².